The van der Waals surface area contributed by atoms with Crippen molar-refractivity contribution in [3.63, 3.8) is 0 Å². The zero-order valence-electron chi connectivity index (χ0n) is 20.1. The molecule has 3 aromatic carbocycles. The Kier molecular flexibility index (Phi) is 6.67. The Balaban J connectivity index is 1.23. The minimum absolute atomic E-state index is 0.104. The fourth-order valence-corrected chi connectivity index (χ4v) is 4.45. The summed E-state index contributed by atoms with van der Waals surface area (Å²) >= 11 is 0. The normalized spacial score (nSPS) is 13.8. The molecule has 5 rings (SSSR count). The van der Waals surface area contributed by atoms with Crippen LogP contribution in [0.15, 0.2) is 71.1 Å². The number of anilines is 1. The summed E-state index contributed by atoms with van der Waals surface area (Å²) in [6, 6.07) is 24.0. The average molecular weight is 479 g/mol. The highest BCUT2D eigenvalue weighted by atomic mass is 16.5. The van der Waals surface area contributed by atoms with Crippen LogP contribution in [0.4, 0.5) is 5.88 Å². The predicted octanol–water partition coefficient (Wildman–Crippen LogP) is 4.77. The van der Waals surface area contributed by atoms with Gasteiger partial charge in [0.15, 0.2) is 0 Å². The summed E-state index contributed by atoms with van der Waals surface area (Å²) in [5, 5.41) is 11.8. The second-order valence-corrected chi connectivity index (χ2v) is 8.61. The zero-order chi connectivity index (χ0) is 24.9. The summed E-state index contributed by atoms with van der Waals surface area (Å²) in [7, 11) is 1.63. The van der Waals surface area contributed by atoms with Gasteiger partial charge in [0.25, 0.3) is 0 Å². The standard InChI is InChI=1S/C29H26N4O3/c1-35-24-12-9-21(10-13-24)11-14-27-31-26(20-30)29(36-27)33-17-15-32(16-18-33)28(34)19-23-7-4-6-22-5-2-3-8-25(22)23/h2-14H,15-19H2,1H3/b14-11+. The number of benzene rings is 3. The first-order valence-corrected chi connectivity index (χ1v) is 11.9. The van der Waals surface area contributed by atoms with Crippen molar-refractivity contribution in [3.8, 4) is 11.8 Å². The summed E-state index contributed by atoms with van der Waals surface area (Å²) in [6.45, 7) is 2.28. The fourth-order valence-electron chi connectivity index (χ4n) is 4.45. The molecule has 7 heteroatoms. The summed E-state index contributed by atoms with van der Waals surface area (Å²) in [4.78, 5) is 21.2. The lowest BCUT2D eigenvalue weighted by atomic mass is 10.0. The van der Waals surface area contributed by atoms with Gasteiger partial charge in [-0.25, -0.2) is 0 Å². The van der Waals surface area contributed by atoms with E-state index in [2.05, 4.69) is 29.3 Å². The Morgan fingerprint density at radius 3 is 2.53 bits per heavy atom. The lowest BCUT2D eigenvalue weighted by molar-refractivity contribution is -0.130. The highest BCUT2D eigenvalue weighted by Gasteiger charge is 2.26. The number of nitrogens with zero attached hydrogens (tertiary/aromatic N) is 4. The van der Waals surface area contributed by atoms with E-state index in [1.807, 2.05) is 64.4 Å². The number of aromatic nitrogens is 1. The summed E-state index contributed by atoms with van der Waals surface area (Å²) in [5.41, 5.74) is 2.25. The minimum Gasteiger partial charge on any atom is -0.497 e. The number of amides is 1. The fraction of sp³-hybridized carbons (Fsp3) is 0.207. The van der Waals surface area contributed by atoms with Crippen molar-refractivity contribution in [1.82, 2.24) is 9.88 Å². The van der Waals surface area contributed by atoms with Crippen LogP contribution in [-0.4, -0.2) is 49.1 Å². The van der Waals surface area contributed by atoms with Gasteiger partial charge in [0.2, 0.25) is 23.4 Å². The first-order valence-electron chi connectivity index (χ1n) is 11.9. The minimum atomic E-state index is 0.104. The molecule has 0 N–H and O–H groups in total. The molecule has 0 spiro atoms. The van der Waals surface area contributed by atoms with Crippen LogP contribution in [0.3, 0.4) is 0 Å². The van der Waals surface area contributed by atoms with Gasteiger partial charge in [-0.1, -0.05) is 54.6 Å². The number of methoxy groups -OCH3 is 1. The maximum Gasteiger partial charge on any atom is 0.235 e. The summed E-state index contributed by atoms with van der Waals surface area (Å²) in [6.07, 6.45) is 3.99. The van der Waals surface area contributed by atoms with Crippen molar-refractivity contribution in [1.29, 1.82) is 5.26 Å². The van der Waals surface area contributed by atoms with Crippen LogP contribution >= 0.6 is 0 Å². The maximum atomic E-state index is 13.0. The molecule has 1 amide bonds. The molecule has 1 aromatic heterocycles. The first kappa shape index (κ1) is 23.2. The van der Waals surface area contributed by atoms with Gasteiger partial charge in [0, 0.05) is 32.3 Å². The second kappa shape index (κ2) is 10.4. The molecule has 4 aromatic rings. The van der Waals surface area contributed by atoms with Crippen LogP contribution in [0.5, 0.6) is 5.75 Å². The van der Waals surface area contributed by atoms with Crippen LogP contribution in [0, 0.1) is 11.3 Å². The molecule has 36 heavy (non-hydrogen) atoms. The van der Waals surface area contributed by atoms with Gasteiger partial charge < -0.3 is 19.0 Å². The van der Waals surface area contributed by atoms with Gasteiger partial charge in [-0.05, 0) is 40.1 Å². The van der Waals surface area contributed by atoms with E-state index in [1.165, 1.54) is 0 Å². The molecule has 2 heterocycles. The molecule has 0 bridgehead atoms. The Morgan fingerprint density at radius 1 is 1.03 bits per heavy atom. The molecule has 0 radical (unpaired) electrons. The van der Waals surface area contributed by atoms with Crippen LogP contribution in [0.25, 0.3) is 22.9 Å². The molecular weight excluding hydrogens is 452 g/mol. The number of carbonyl (C=O) groups is 1. The van der Waals surface area contributed by atoms with Gasteiger partial charge in [-0.2, -0.15) is 10.2 Å². The number of piperazine rings is 1. The number of oxazole rings is 1. The molecule has 1 aliphatic rings. The van der Waals surface area contributed by atoms with E-state index < -0.39 is 0 Å². The van der Waals surface area contributed by atoms with E-state index in [4.69, 9.17) is 9.15 Å². The van der Waals surface area contributed by atoms with Crippen molar-refractivity contribution in [2.75, 3.05) is 38.2 Å². The molecule has 0 aliphatic carbocycles. The van der Waals surface area contributed by atoms with Crippen LogP contribution in [0.1, 0.15) is 22.7 Å². The van der Waals surface area contributed by atoms with Crippen molar-refractivity contribution < 1.29 is 13.9 Å². The molecule has 0 saturated carbocycles. The molecule has 7 nitrogen and oxygen atoms in total. The maximum absolute atomic E-state index is 13.0. The van der Waals surface area contributed by atoms with Gasteiger partial charge in [-0.15, -0.1) is 0 Å². The SMILES string of the molecule is COc1ccc(/C=C/c2nc(C#N)c(N3CCN(C(=O)Cc4cccc5ccccc45)CC3)o2)cc1. The molecular formula is C29H26N4O3. The highest BCUT2D eigenvalue weighted by molar-refractivity contribution is 5.90. The Morgan fingerprint density at radius 2 is 1.78 bits per heavy atom. The zero-order valence-corrected chi connectivity index (χ0v) is 20.1. The Bertz CT molecular complexity index is 1440. The van der Waals surface area contributed by atoms with Crippen molar-refractivity contribution >= 4 is 34.7 Å². The van der Waals surface area contributed by atoms with E-state index in [0.29, 0.717) is 44.4 Å². The third-order valence-electron chi connectivity index (χ3n) is 6.41. The topological polar surface area (TPSA) is 82.6 Å². The third-order valence-corrected chi connectivity index (χ3v) is 6.41. The van der Waals surface area contributed by atoms with Crippen molar-refractivity contribution in [2.24, 2.45) is 0 Å². The number of ether oxygens (including phenoxy) is 1. The summed E-state index contributed by atoms with van der Waals surface area (Å²) in [5.74, 6) is 1.71. The quantitative estimate of drug-likeness (QED) is 0.397. The molecule has 1 fully saturated rings. The third kappa shape index (κ3) is 4.93. The van der Waals surface area contributed by atoms with Crippen LogP contribution in [0.2, 0.25) is 0 Å². The predicted molar refractivity (Wildman–Crippen MR) is 140 cm³/mol. The molecule has 180 valence electrons. The van der Waals surface area contributed by atoms with Gasteiger partial charge in [-0.3, -0.25) is 4.79 Å². The number of carbonyl (C=O) groups excluding carboxylic acids is 1. The molecule has 0 unspecified atom stereocenters. The van der Waals surface area contributed by atoms with Crippen LogP contribution in [-0.2, 0) is 11.2 Å². The van der Waals surface area contributed by atoms with Crippen LogP contribution < -0.4 is 9.64 Å². The second-order valence-electron chi connectivity index (χ2n) is 8.61. The summed E-state index contributed by atoms with van der Waals surface area (Å²) < 4.78 is 11.1. The monoisotopic (exact) mass is 478 g/mol. The molecule has 1 aliphatic heterocycles. The van der Waals surface area contributed by atoms with Gasteiger partial charge >= 0.3 is 0 Å². The lowest BCUT2D eigenvalue weighted by Gasteiger charge is -2.34. The largest absolute Gasteiger partial charge is 0.497 e. The van der Waals surface area contributed by atoms with E-state index in [0.717, 1.165) is 27.6 Å². The molecule has 1 saturated heterocycles. The van der Waals surface area contributed by atoms with Gasteiger partial charge in [0.1, 0.15) is 11.8 Å². The molecule has 0 atom stereocenters. The number of nitriles is 1. The lowest BCUT2D eigenvalue weighted by Crippen LogP contribution is -2.49. The van der Waals surface area contributed by atoms with E-state index >= 15 is 0 Å². The van der Waals surface area contributed by atoms with Crippen molar-refractivity contribution in [3.05, 3.63) is 89.4 Å². The Hall–Kier alpha value is -4.57. The van der Waals surface area contributed by atoms with Crippen molar-refractivity contribution in [2.45, 2.75) is 6.42 Å². The number of rotatable bonds is 6. The highest BCUT2D eigenvalue weighted by Crippen LogP contribution is 2.25. The number of fused-ring (bicyclic) bond motifs is 1. The first-order chi connectivity index (χ1) is 17.6. The number of hydrogen-bond acceptors (Lipinski definition) is 6. The van der Waals surface area contributed by atoms with Gasteiger partial charge in [0.05, 0.1) is 13.5 Å². The smallest absolute Gasteiger partial charge is 0.235 e. The average Bonchev–Trinajstić information content (AvgIpc) is 3.36. The Labute approximate surface area is 209 Å². The van der Waals surface area contributed by atoms with E-state index in [9.17, 15) is 10.1 Å². The van der Waals surface area contributed by atoms with E-state index in [-0.39, 0.29) is 11.6 Å². The van der Waals surface area contributed by atoms with E-state index in [1.54, 1.807) is 13.2 Å². The number of hydrogen-bond donors (Lipinski definition) is 0.